The topological polar surface area (TPSA) is 91.7 Å². The van der Waals surface area contributed by atoms with Crippen LogP contribution < -0.4 is 5.32 Å². The molecule has 4 rings (SSSR count). The summed E-state index contributed by atoms with van der Waals surface area (Å²) in [7, 11) is -2.02. The lowest BCUT2D eigenvalue weighted by atomic mass is 10.2. The van der Waals surface area contributed by atoms with Crippen molar-refractivity contribution >= 4 is 38.8 Å². The van der Waals surface area contributed by atoms with Crippen molar-refractivity contribution in [2.24, 2.45) is 4.40 Å². The molecule has 0 unspecified atom stereocenters. The molecule has 0 radical (unpaired) electrons. The van der Waals surface area contributed by atoms with Gasteiger partial charge in [-0.25, -0.2) is 4.98 Å². The van der Waals surface area contributed by atoms with E-state index in [1.165, 1.54) is 23.5 Å². The molecule has 1 aromatic heterocycles. The monoisotopic (exact) mass is 454 g/mol. The lowest BCUT2D eigenvalue weighted by molar-refractivity contribution is 0.102. The highest BCUT2D eigenvalue weighted by Gasteiger charge is 2.21. The Labute approximate surface area is 185 Å². The van der Waals surface area contributed by atoms with E-state index < -0.39 is 10.0 Å². The Morgan fingerprint density at radius 3 is 2.74 bits per heavy atom. The summed E-state index contributed by atoms with van der Waals surface area (Å²) >= 11 is 1.42. The predicted octanol–water partition coefficient (Wildman–Crippen LogP) is 3.80. The molecular weight excluding hydrogens is 432 g/mol. The Balaban J connectivity index is 1.47. The van der Waals surface area contributed by atoms with Crippen molar-refractivity contribution in [1.29, 1.82) is 0 Å². The number of carbonyl (C=O) groups excluding carboxylic acids is 1. The van der Waals surface area contributed by atoms with Gasteiger partial charge in [-0.15, -0.1) is 15.7 Å². The van der Waals surface area contributed by atoms with Gasteiger partial charge in [-0.3, -0.25) is 4.79 Å². The zero-order valence-corrected chi connectivity index (χ0v) is 18.6. The van der Waals surface area contributed by atoms with E-state index in [2.05, 4.69) is 14.7 Å². The van der Waals surface area contributed by atoms with Crippen molar-refractivity contribution in [2.75, 3.05) is 18.9 Å². The first-order valence-corrected chi connectivity index (χ1v) is 12.2. The van der Waals surface area contributed by atoms with Gasteiger partial charge in [-0.1, -0.05) is 36.4 Å². The average Bonchev–Trinajstić information content (AvgIpc) is 3.38. The number of anilines is 1. The van der Waals surface area contributed by atoms with Crippen LogP contribution in [0.3, 0.4) is 0 Å². The molecule has 0 saturated carbocycles. The minimum atomic E-state index is -3.85. The summed E-state index contributed by atoms with van der Waals surface area (Å²) in [5.74, 6) is 0.176. The number of sulfonamides is 1. The number of benzene rings is 2. The minimum absolute atomic E-state index is 0.0427. The third kappa shape index (κ3) is 5.18. The molecule has 3 aromatic rings. The van der Waals surface area contributed by atoms with Crippen molar-refractivity contribution in [2.45, 2.75) is 24.2 Å². The second kappa shape index (κ2) is 8.99. The lowest BCUT2D eigenvalue weighted by Crippen LogP contribution is -2.20. The number of hydrogen-bond acceptors (Lipinski definition) is 5. The number of hydrogen-bond donors (Lipinski definition) is 1. The van der Waals surface area contributed by atoms with E-state index in [0.717, 1.165) is 23.5 Å². The van der Waals surface area contributed by atoms with Gasteiger partial charge in [0.25, 0.3) is 15.9 Å². The van der Waals surface area contributed by atoms with Crippen molar-refractivity contribution in [3.05, 3.63) is 76.2 Å². The standard InChI is InChI=1S/C22H22N4O3S2/c1-26-12-6-11-20(26)25-31(28,29)18-10-5-9-17(14-18)23-22(27)19-15-30-21(24-19)13-16-7-3-2-4-8-16/h2-5,7-10,14-15H,6,11-13H2,1H3,(H,23,27)/b25-20+. The van der Waals surface area contributed by atoms with Crippen LogP contribution in [-0.2, 0) is 16.4 Å². The third-order valence-electron chi connectivity index (χ3n) is 4.93. The fraction of sp³-hybridized carbons (Fsp3) is 0.227. The van der Waals surface area contributed by atoms with Gasteiger partial charge in [0.2, 0.25) is 0 Å². The molecule has 1 saturated heterocycles. The second-order valence-corrected chi connectivity index (χ2v) is 9.83. The number of nitrogens with zero attached hydrogens (tertiary/aromatic N) is 3. The number of carbonyl (C=O) groups is 1. The highest BCUT2D eigenvalue weighted by Crippen LogP contribution is 2.21. The van der Waals surface area contributed by atoms with Crippen molar-refractivity contribution < 1.29 is 13.2 Å². The van der Waals surface area contributed by atoms with Gasteiger partial charge in [0.05, 0.1) is 9.90 Å². The Morgan fingerprint density at radius 1 is 1.19 bits per heavy atom. The molecule has 0 bridgehead atoms. The molecule has 1 N–H and O–H groups in total. The Bertz CT molecular complexity index is 1220. The second-order valence-electron chi connectivity index (χ2n) is 7.28. The van der Waals surface area contributed by atoms with Crippen LogP contribution in [0, 0.1) is 0 Å². The summed E-state index contributed by atoms with van der Waals surface area (Å²) in [5.41, 5.74) is 1.80. The predicted molar refractivity (Wildman–Crippen MR) is 122 cm³/mol. The fourth-order valence-electron chi connectivity index (χ4n) is 3.30. The molecule has 160 valence electrons. The smallest absolute Gasteiger partial charge is 0.284 e. The van der Waals surface area contributed by atoms with Crippen LogP contribution in [0.25, 0.3) is 0 Å². The number of thiazole rings is 1. The van der Waals surface area contributed by atoms with Crippen LogP contribution in [0.5, 0.6) is 0 Å². The van der Waals surface area contributed by atoms with Gasteiger partial charge < -0.3 is 10.2 Å². The largest absolute Gasteiger partial charge is 0.362 e. The zero-order chi connectivity index (χ0) is 21.8. The van der Waals surface area contributed by atoms with E-state index in [1.54, 1.807) is 17.5 Å². The van der Waals surface area contributed by atoms with Gasteiger partial charge in [-0.2, -0.15) is 8.42 Å². The van der Waals surface area contributed by atoms with E-state index in [4.69, 9.17) is 0 Å². The maximum absolute atomic E-state index is 12.7. The third-order valence-corrected chi connectivity index (χ3v) is 7.08. The molecule has 2 heterocycles. The quantitative estimate of drug-likeness (QED) is 0.612. The summed E-state index contributed by atoms with van der Waals surface area (Å²) in [6.45, 7) is 0.796. The zero-order valence-electron chi connectivity index (χ0n) is 17.0. The van der Waals surface area contributed by atoms with E-state index >= 15 is 0 Å². The molecule has 7 nitrogen and oxygen atoms in total. The highest BCUT2D eigenvalue weighted by atomic mass is 32.2. The van der Waals surface area contributed by atoms with E-state index in [9.17, 15) is 13.2 Å². The van der Waals surface area contributed by atoms with Crippen molar-refractivity contribution in [1.82, 2.24) is 9.88 Å². The number of amidine groups is 1. The van der Waals surface area contributed by atoms with Crippen LogP contribution in [0.15, 0.2) is 69.3 Å². The SMILES string of the molecule is CN1CCC/C1=N\S(=O)(=O)c1cccc(NC(=O)c2csc(Cc3ccccc3)n2)c1. The van der Waals surface area contributed by atoms with Crippen LogP contribution >= 0.6 is 11.3 Å². The maximum atomic E-state index is 12.7. The van der Waals surface area contributed by atoms with Crippen LogP contribution in [-0.4, -0.2) is 43.6 Å². The lowest BCUT2D eigenvalue weighted by Gasteiger charge is -2.11. The summed E-state index contributed by atoms with van der Waals surface area (Å²) in [5, 5.41) is 5.27. The van der Waals surface area contributed by atoms with Gasteiger partial charge in [0, 0.05) is 37.5 Å². The van der Waals surface area contributed by atoms with E-state index in [-0.39, 0.29) is 10.8 Å². The number of rotatable bonds is 6. The summed E-state index contributed by atoms with van der Waals surface area (Å²) in [6, 6.07) is 16.0. The van der Waals surface area contributed by atoms with Gasteiger partial charge in [0.1, 0.15) is 11.5 Å². The van der Waals surface area contributed by atoms with Crippen LogP contribution in [0.1, 0.15) is 33.9 Å². The molecule has 31 heavy (non-hydrogen) atoms. The van der Waals surface area contributed by atoms with Gasteiger partial charge in [-0.05, 0) is 30.2 Å². The first-order valence-electron chi connectivity index (χ1n) is 9.85. The van der Waals surface area contributed by atoms with Crippen molar-refractivity contribution in [3.63, 3.8) is 0 Å². The molecule has 1 amide bonds. The molecule has 0 atom stereocenters. The Morgan fingerprint density at radius 2 is 2.00 bits per heavy atom. The highest BCUT2D eigenvalue weighted by molar-refractivity contribution is 7.90. The maximum Gasteiger partial charge on any atom is 0.284 e. The van der Waals surface area contributed by atoms with Crippen LogP contribution in [0.2, 0.25) is 0 Å². The summed E-state index contributed by atoms with van der Waals surface area (Å²) < 4.78 is 29.3. The fourth-order valence-corrected chi connectivity index (χ4v) is 5.25. The van der Waals surface area contributed by atoms with E-state index in [1.807, 2.05) is 42.3 Å². The van der Waals surface area contributed by atoms with Crippen molar-refractivity contribution in [3.8, 4) is 0 Å². The number of likely N-dealkylation sites (tertiary alicyclic amines) is 1. The molecule has 9 heteroatoms. The Kier molecular flexibility index (Phi) is 6.15. The van der Waals surface area contributed by atoms with Crippen LogP contribution in [0.4, 0.5) is 5.69 Å². The van der Waals surface area contributed by atoms with Gasteiger partial charge in [0.15, 0.2) is 0 Å². The summed E-state index contributed by atoms with van der Waals surface area (Å²) in [6.07, 6.45) is 2.18. The molecule has 1 fully saturated rings. The molecular formula is C22H22N4O3S2. The molecule has 1 aliphatic rings. The van der Waals surface area contributed by atoms with Gasteiger partial charge >= 0.3 is 0 Å². The first kappa shape index (κ1) is 21.2. The molecule has 0 aliphatic carbocycles. The molecule has 1 aliphatic heterocycles. The first-order chi connectivity index (χ1) is 14.9. The molecule has 2 aromatic carbocycles. The van der Waals surface area contributed by atoms with E-state index in [0.29, 0.717) is 30.1 Å². The minimum Gasteiger partial charge on any atom is -0.362 e. The Hall–Kier alpha value is -3.04. The molecule has 0 spiro atoms. The normalized spacial score (nSPS) is 15.4. The number of amides is 1. The number of aromatic nitrogens is 1. The number of nitrogens with one attached hydrogen (secondary N) is 1. The average molecular weight is 455 g/mol. The summed E-state index contributed by atoms with van der Waals surface area (Å²) in [4.78, 5) is 18.9.